The Kier molecular flexibility index (Phi) is 8.67. The summed E-state index contributed by atoms with van der Waals surface area (Å²) in [5.41, 5.74) is 2.35. The second kappa shape index (κ2) is 8.79. The summed E-state index contributed by atoms with van der Waals surface area (Å²) in [4.78, 5) is 11.2. The van der Waals surface area contributed by atoms with E-state index < -0.39 is 11.4 Å². The number of ether oxygens (including phenoxy) is 1. The average Bonchev–Trinajstić information content (AvgIpc) is 2.27. The monoisotopic (exact) mass is 280 g/mol. The van der Waals surface area contributed by atoms with Crippen LogP contribution in [0.2, 0.25) is 0 Å². The van der Waals surface area contributed by atoms with Gasteiger partial charge >= 0.3 is 29.6 Å². The van der Waals surface area contributed by atoms with E-state index >= 15 is 0 Å². The zero-order chi connectivity index (χ0) is 12.8. The van der Waals surface area contributed by atoms with Crippen molar-refractivity contribution in [3.05, 3.63) is 29.3 Å². The van der Waals surface area contributed by atoms with Gasteiger partial charge in [0, 0.05) is 12.8 Å². The maximum atomic E-state index is 11.2. The molecule has 0 heterocycles. The Morgan fingerprint density at radius 2 is 2.00 bits per heavy atom. The molecule has 0 aromatic heterocycles. The first-order chi connectivity index (χ1) is 8.04. The molecule has 0 bridgehead atoms. The molecule has 0 saturated heterocycles. The smallest absolute Gasteiger partial charge is 0.750 e. The van der Waals surface area contributed by atoms with Crippen LogP contribution in [0.1, 0.15) is 17.5 Å². The summed E-state index contributed by atoms with van der Waals surface area (Å²) in [5, 5.41) is 0. The van der Waals surface area contributed by atoms with E-state index in [9.17, 15) is 4.79 Å². The zero-order valence-electron chi connectivity index (χ0n) is 10.3. The van der Waals surface area contributed by atoms with E-state index in [0.29, 0.717) is 18.6 Å². The van der Waals surface area contributed by atoms with Gasteiger partial charge in [0.1, 0.15) is 11.5 Å². The van der Waals surface area contributed by atoms with Gasteiger partial charge in [-0.15, -0.1) is 0 Å². The van der Waals surface area contributed by atoms with E-state index in [2.05, 4.69) is 0 Å². The van der Waals surface area contributed by atoms with Gasteiger partial charge in [-0.1, -0.05) is 12.1 Å². The average molecular weight is 280 g/mol. The summed E-state index contributed by atoms with van der Waals surface area (Å²) in [6.07, 6.45) is 2.07. The fourth-order valence-electron chi connectivity index (χ4n) is 1.82. The number of hydrogen-bond acceptors (Lipinski definition) is 4. The molecule has 1 aliphatic carbocycles. The van der Waals surface area contributed by atoms with E-state index in [-0.39, 0.29) is 29.6 Å². The number of carbonyl (C=O) groups is 1. The van der Waals surface area contributed by atoms with Crippen molar-refractivity contribution in [2.45, 2.75) is 19.3 Å². The van der Waals surface area contributed by atoms with E-state index in [0.717, 1.165) is 17.7 Å². The van der Waals surface area contributed by atoms with Crippen molar-refractivity contribution in [3.63, 3.8) is 0 Å². The third-order valence-electron chi connectivity index (χ3n) is 2.49. The normalized spacial score (nSPS) is 14.5. The van der Waals surface area contributed by atoms with Crippen molar-refractivity contribution < 1.29 is 52.4 Å². The predicted octanol–water partition coefficient (Wildman–Crippen LogP) is -1.90. The van der Waals surface area contributed by atoms with Gasteiger partial charge in [0.05, 0.1) is 18.5 Å². The van der Waals surface area contributed by atoms with Crippen LogP contribution in [0.4, 0.5) is 0 Å². The first-order valence-electron chi connectivity index (χ1n) is 4.99. The van der Waals surface area contributed by atoms with Crippen LogP contribution in [0.3, 0.4) is 0 Å². The summed E-state index contributed by atoms with van der Waals surface area (Å²) in [7, 11) is 1.67. The standard InChI is InChI=1S/C11H12O2.Na.H2O3S/c1-13-11-4-2-3-8-7-9(12)5-6-10(8)11;;1-4(2)3/h2-4H,5-7H2,1H3;;(H2,1,2,3)/q;+1;/p-1. The molecule has 7 heteroatoms. The molecular formula is C11H13NaO5S. The number of methoxy groups -OCH3 is 1. The van der Waals surface area contributed by atoms with Gasteiger partial charge in [-0.2, -0.15) is 0 Å². The van der Waals surface area contributed by atoms with Crippen LogP contribution in [0.25, 0.3) is 0 Å². The molecule has 1 aromatic rings. The van der Waals surface area contributed by atoms with Crippen LogP contribution in [0, 0.1) is 0 Å². The maximum Gasteiger partial charge on any atom is 1.00 e. The predicted molar refractivity (Wildman–Crippen MR) is 61.6 cm³/mol. The Morgan fingerprint density at radius 3 is 2.56 bits per heavy atom. The van der Waals surface area contributed by atoms with Gasteiger partial charge in [-0.05, 0) is 23.6 Å². The molecule has 2 rings (SSSR count). The van der Waals surface area contributed by atoms with Crippen molar-refractivity contribution in [2.24, 2.45) is 0 Å². The van der Waals surface area contributed by atoms with Crippen LogP contribution >= 0.6 is 0 Å². The molecule has 1 aromatic carbocycles. The van der Waals surface area contributed by atoms with Crippen LogP contribution in [0.15, 0.2) is 18.2 Å². The molecule has 18 heavy (non-hydrogen) atoms. The first-order valence-corrected chi connectivity index (χ1v) is 6.02. The molecule has 1 aliphatic rings. The molecule has 1 atom stereocenters. The van der Waals surface area contributed by atoms with Gasteiger partial charge in [-0.3, -0.25) is 4.79 Å². The maximum absolute atomic E-state index is 11.2. The van der Waals surface area contributed by atoms with E-state index in [1.807, 2.05) is 18.2 Å². The Morgan fingerprint density at radius 1 is 1.39 bits per heavy atom. The third kappa shape index (κ3) is 5.60. The van der Waals surface area contributed by atoms with E-state index in [1.54, 1.807) is 7.11 Å². The van der Waals surface area contributed by atoms with Gasteiger partial charge in [0.15, 0.2) is 0 Å². The number of benzene rings is 1. The SMILES string of the molecule is COc1cccc2c1CCC(=O)C2.O=S([O-])O.[Na+]. The van der Waals surface area contributed by atoms with Gasteiger partial charge < -0.3 is 13.8 Å². The van der Waals surface area contributed by atoms with Crippen molar-refractivity contribution in [3.8, 4) is 5.75 Å². The number of fused-ring (bicyclic) bond motifs is 1. The third-order valence-corrected chi connectivity index (χ3v) is 2.49. The van der Waals surface area contributed by atoms with Crippen molar-refractivity contribution in [1.29, 1.82) is 0 Å². The Balaban J connectivity index is 0.000000512. The number of hydrogen-bond donors (Lipinski definition) is 1. The molecule has 0 amide bonds. The molecule has 1 unspecified atom stereocenters. The number of ketones is 1. The Labute approximate surface area is 130 Å². The summed E-state index contributed by atoms with van der Waals surface area (Å²) >= 11 is -2.86. The number of carbonyl (C=O) groups excluding carboxylic acids is 1. The summed E-state index contributed by atoms with van der Waals surface area (Å²) < 4.78 is 29.3. The van der Waals surface area contributed by atoms with Crippen molar-refractivity contribution in [1.82, 2.24) is 0 Å². The largest absolute Gasteiger partial charge is 1.00 e. The quantitative estimate of drug-likeness (QED) is 0.479. The minimum Gasteiger partial charge on any atom is -0.750 e. The van der Waals surface area contributed by atoms with Crippen molar-refractivity contribution >= 4 is 17.1 Å². The minimum absolute atomic E-state index is 0. The van der Waals surface area contributed by atoms with E-state index in [4.69, 9.17) is 18.1 Å². The molecule has 1 N–H and O–H groups in total. The summed E-state index contributed by atoms with van der Waals surface area (Å²) in [5.74, 6) is 1.26. The molecule has 0 spiro atoms. The molecule has 0 fully saturated rings. The number of rotatable bonds is 1. The molecule has 0 aliphatic heterocycles. The second-order valence-electron chi connectivity index (χ2n) is 3.53. The van der Waals surface area contributed by atoms with Crippen LogP contribution in [0.5, 0.6) is 5.75 Å². The fraction of sp³-hybridized carbons (Fsp3) is 0.364. The molecule has 0 radical (unpaired) electrons. The van der Waals surface area contributed by atoms with Crippen LogP contribution < -0.4 is 34.3 Å². The van der Waals surface area contributed by atoms with Crippen LogP contribution in [-0.2, 0) is 29.0 Å². The summed E-state index contributed by atoms with van der Waals surface area (Å²) in [6.45, 7) is 0. The molecule has 0 saturated carbocycles. The molecule has 5 nitrogen and oxygen atoms in total. The second-order valence-corrected chi connectivity index (χ2v) is 3.96. The molecular weight excluding hydrogens is 267 g/mol. The Bertz CT molecular complexity index is 431. The van der Waals surface area contributed by atoms with Gasteiger partial charge in [0.2, 0.25) is 0 Å². The number of Topliss-reactive ketones (excluding diaryl/α,β-unsaturated/α-hetero) is 1. The van der Waals surface area contributed by atoms with Gasteiger partial charge in [-0.25, -0.2) is 4.21 Å². The minimum atomic E-state index is -2.86. The molecule has 94 valence electrons. The topological polar surface area (TPSA) is 86.7 Å². The summed E-state index contributed by atoms with van der Waals surface area (Å²) in [6, 6.07) is 5.90. The zero-order valence-corrected chi connectivity index (χ0v) is 13.2. The Hall–Kier alpha value is -0.240. The first kappa shape index (κ1) is 17.8. The van der Waals surface area contributed by atoms with E-state index in [1.165, 1.54) is 5.56 Å². The van der Waals surface area contributed by atoms with Crippen molar-refractivity contribution in [2.75, 3.05) is 7.11 Å². The van der Waals surface area contributed by atoms with Gasteiger partial charge in [0.25, 0.3) is 0 Å². The fourth-order valence-corrected chi connectivity index (χ4v) is 1.82. The van der Waals surface area contributed by atoms with Crippen LogP contribution in [-0.4, -0.2) is 26.2 Å².